The van der Waals surface area contributed by atoms with Crippen LogP contribution >= 0.6 is 11.6 Å². The summed E-state index contributed by atoms with van der Waals surface area (Å²) in [6.07, 6.45) is 0. The maximum Gasteiger partial charge on any atom is 0.211 e. The van der Waals surface area contributed by atoms with Gasteiger partial charge in [0.25, 0.3) is 0 Å². The zero-order valence-electron chi connectivity index (χ0n) is 12.0. The van der Waals surface area contributed by atoms with E-state index in [0.717, 1.165) is 6.07 Å². The Bertz CT molecular complexity index is 837. The van der Waals surface area contributed by atoms with Crippen LogP contribution in [0, 0.1) is 5.82 Å². The first kappa shape index (κ1) is 17.3. The molecule has 23 heavy (non-hydrogen) atoms. The summed E-state index contributed by atoms with van der Waals surface area (Å²) < 4.78 is 42.9. The van der Waals surface area contributed by atoms with Gasteiger partial charge in [-0.15, -0.1) is 0 Å². The molecule has 0 bridgehead atoms. The number of nitrogens with one attached hydrogen (secondary N) is 1. The van der Waals surface area contributed by atoms with Crippen molar-refractivity contribution < 1.29 is 17.4 Å². The van der Waals surface area contributed by atoms with E-state index < -0.39 is 15.8 Å². The summed E-state index contributed by atoms with van der Waals surface area (Å²) in [4.78, 5) is 4.03. The number of aromatic nitrogens is 2. The fourth-order valence-corrected chi connectivity index (χ4v) is 2.28. The average molecular weight is 362 g/mol. The molecular weight excluding hydrogens is 349 g/mol. The molecule has 0 radical (unpaired) electrons. The van der Waals surface area contributed by atoms with E-state index in [-0.39, 0.29) is 34.5 Å². The van der Waals surface area contributed by atoms with Crippen LogP contribution in [-0.4, -0.2) is 30.3 Å². The Labute approximate surface area is 136 Å². The number of sulfonamides is 1. The van der Waals surface area contributed by atoms with E-state index >= 15 is 0 Å². The average Bonchev–Trinajstić information content (AvgIpc) is 2.98. The minimum atomic E-state index is -3.41. The lowest BCUT2D eigenvalue weighted by Crippen LogP contribution is -2.26. The Balaban J connectivity index is 2.23. The number of nitrogens with zero attached hydrogens (tertiary/aromatic N) is 3. The van der Waals surface area contributed by atoms with Gasteiger partial charge < -0.3 is 5.73 Å². The van der Waals surface area contributed by atoms with Crippen molar-refractivity contribution in [3.8, 4) is 0 Å². The van der Waals surface area contributed by atoms with Crippen LogP contribution < -0.4 is 10.5 Å². The number of aliphatic imine (C=N–C) groups is 1. The maximum absolute atomic E-state index is 13.1. The first-order valence-electron chi connectivity index (χ1n) is 6.40. The number of rotatable bonds is 6. The second-order valence-electron chi connectivity index (χ2n) is 4.38. The Morgan fingerprint density at radius 2 is 2.22 bits per heavy atom. The van der Waals surface area contributed by atoms with Gasteiger partial charge in [0.1, 0.15) is 11.5 Å². The van der Waals surface area contributed by atoms with Crippen molar-refractivity contribution in [2.24, 2.45) is 10.7 Å². The first-order chi connectivity index (χ1) is 10.8. The molecule has 0 atom stereocenters. The van der Waals surface area contributed by atoms with E-state index in [4.69, 9.17) is 17.3 Å². The van der Waals surface area contributed by atoms with E-state index in [1.54, 1.807) is 0 Å². The van der Waals surface area contributed by atoms with Gasteiger partial charge in [-0.1, -0.05) is 16.8 Å². The molecule has 0 aliphatic rings. The molecule has 0 aliphatic carbocycles. The third kappa shape index (κ3) is 4.47. The van der Waals surface area contributed by atoms with Crippen LogP contribution in [0.5, 0.6) is 0 Å². The number of hydrogen-bond acceptors (Lipinski definition) is 6. The highest BCUT2D eigenvalue weighted by atomic mass is 35.5. The van der Waals surface area contributed by atoms with E-state index in [2.05, 4.69) is 24.7 Å². The van der Waals surface area contributed by atoms with Gasteiger partial charge in [-0.25, -0.2) is 27.2 Å². The highest BCUT2D eigenvalue weighted by Gasteiger charge is 2.16. The van der Waals surface area contributed by atoms with E-state index in [1.807, 2.05) is 0 Å². The predicted molar refractivity (Wildman–Crippen MR) is 82.4 cm³/mol. The molecule has 0 fully saturated rings. The minimum absolute atomic E-state index is 0.0698. The largest absolute Gasteiger partial charge is 0.382 e. The molecule has 0 amide bonds. The van der Waals surface area contributed by atoms with Crippen molar-refractivity contribution in [1.82, 2.24) is 15.0 Å². The first-order valence-corrected chi connectivity index (χ1v) is 8.43. The SMILES string of the molecule is CCS(=O)(=O)NCc1nonc1C(N)=Nc1ccc(F)c(Cl)c1. The molecule has 1 heterocycles. The second kappa shape index (κ2) is 7.02. The molecule has 8 nitrogen and oxygen atoms in total. The fourth-order valence-electron chi connectivity index (χ4n) is 1.54. The van der Waals surface area contributed by atoms with Gasteiger partial charge in [0.2, 0.25) is 10.0 Å². The van der Waals surface area contributed by atoms with Crippen molar-refractivity contribution in [1.29, 1.82) is 0 Å². The van der Waals surface area contributed by atoms with Crippen LogP contribution in [0.4, 0.5) is 10.1 Å². The van der Waals surface area contributed by atoms with Gasteiger partial charge >= 0.3 is 0 Å². The number of benzene rings is 1. The number of nitrogens with two attached hydrogens (primary N) is 1. The van der Waals surface area contributed by atoms with Gasteiger partial charge in [-0.2, -0.15) is 0 Å². The Hall–Kier alpha value is -2.04. The number of amidine groups is 1. The van der Waals surface area contributed by atoms with Crippen LogP contribution in [-0.2, 0) is 16.6 Å². The van der Waals surface area contributed by atoms with Gasteiger partial charge in [0.05, 0.1) is 23.0 Å². The van der Waals surface area contributed by atoms with Crippen LogP contribution in [0.1, 0.15) is 18.3 Å². The van der Waals surface area contributed by atoms with Crippen LogP contribution in [0.25, 0.3) is 0 Å². The summed E-state index contributed by atoms with van der Waals surface area (Å²) in [6, 6.07) is 3.81. The molecule has 124 valence electrons. The van der Waals surface area contributed by atoms with Crippen molar-refractivity contribution in [2.45, 2.75) is 13.5 Å². The van der Waals surface area contributed by atoms with Crippen molar-refractivity contribution in [2.75, 3.05) is 5.75 Å². The normalized spacial score (nSPS) is 12.6. The topological polar surface area (TPSA) is 123 Å². The highest BCUT2D eigenvalue weighted by Crippen LogP contribution is 2.22. The Morgan fingerprint density at radius 1 is 1.48 bits per heavy atom. The third-order valence-electron chi connectivity index (χ3n) is 2.79. The van der Waals surface area contributed by atoms with Gasteiger partial charge in [0.15, 0.2) is 11.5 Å². The highest BCUT2D eigenvalue weighted by molar-refractivity contribution is 7.89. The second-order valence-corrected chi connectivity index (χ2v) is 6.88. The molecule has 11 heteroatoms. The lowest BCUT2D eigenvalue weighted by atomic mass is 10.3. The van der Waals surface area contributed by atoms with Crippen molar-refractivity contribution in [3.63, 3.8) is 0 Å². The Morgan fingerprint density at radius 3 is 2.87 bits per heavy atom. The minimum Gasteiger partial charge on any atom is -0.382 e. The van der Waals surface area contributed by atoms with E-state index in [1.165, 1.54) is 19.1 Å². The van der Waals surface area contributed by atoms with Crippen LogP contribution in [0.2, 0.25) is 5.02 Å². The van der Waals surface area contributed by atoms with Crippen LogP contribution in [0.15, 0.2) is 27.8 Å². The summed E-state index contributed by atoms with van der Waals surface area (Å²) in [7, 11) is -3.41. The third-order valence-corrected chi connectivity index (χ3v) is 4.43. The molecule has 2 aromatic rings. The zero-order chi connectivity index (χ0) is 17.0. The molecular formula is C12H13ClFN5O3S. The molecule has 1 aromatic carbocycles. The standard InChI is InChI=1S/C12H13ClFN5O3S/c1-2-23(20,21)16-6-10-11(19-22-18-10)12(15)17-7-3-4-9(14)8(13)5-7/h3-5,16H,2,6H2,1H3,(H2,15,17). The van der Waals surface area contributed by atoms with E-state index in [0.29, 0.717) is 5.69 Å². The monoisotopic (exact) mass is 361 g/mol. The molecule has 2 rings (SSSR count). The lowest BCUT2D eigenvalue weighted by Gasteiger charge is -2.03. The lowest BCUT2D eigenvalue weighted by molar-refractivity contribution is 0.302. The van der Waals surface area contributed by atoms with Crippen LogP contribution in [0.3, 0.4) is 0 Å². The summed E-state index contributed by atoms with van der Waals surface area (Å²) in [6.45, 7) is 1.35. The summed E-state index contributed by atoms with van der Waals surface area (Å²) in [5, 5.41) is 7.08. The fraction of sp³-hybridized carbons (Fsp3) is 0.250. The van der Waals surface area contributed by atoms with Gasteiger partial charge in [-0.05, 0) is 30.3 Å². The smallest absolute Gasteiger partial charge is 0.211 e. The quantitative estimate of drug-likeness (QED) is 0.591. The number of hydrogen-bond donors (Lipinski definition) is 2. The predicted octanol–water partition coefficient (Wildman–Crippen LogP) is 1.34. The van der Waals surface area contributed by atoms with Crippen molar-refractivity contribution in [3.05, 3.63) is 40.4 Å². The van der Waals surface area contributed by atoms with E-state index in [9.17, 15) is 12.8 Å². The summed E-state index contributed by atoms with van der Waals surface area (Å²) >= 11 is 5.66. The Kier molecular flexibility index (Phi) is 5.29. The molecule has 3 N–H and O–H groups in total. The maximum atomic E-state index is 13.1. The van der Waals surface area contributed by atoms with Gasteiger partial charge in [-0.3, -0.25) is 0 Å². The summed E-state index contributed by atoms with van der Waals surface area (Å²) in [5.41, 5.74) is 6.37. The van der Waals surface area contributed by atoms with Crippen molar-refractivity contribution >= 4 is 33.1 Å². The molecule has 0 saturated heterocycles. The molecule has 0 saturated carbocycles. The summed E-state index contributed by atoms with van der Waals surface area (Å²) in [5.74, 6) is -0.729. The zero-order valence-corrected chi connectivity index (χ0v) is 13.5. The molecule has 1 aromatic heterocycles. The molecule has 0 aliphatic heterocycles. The number of halogens is 2. The molecule has 0 spiro atoms. The van der Waals surface area contributed by atoms with Gasteiger partial charge in [0, 0.05) is 0 Å². The molecule has 0 unspecified atom stereocenters.